The first-order valence-corrected chi connectivity index (χ1v) is 7.61. The van der Waals surface area contributed by atoms with Gasteiger partial charge >= 0.3 is 0 Å². The minimum absolute atomic E-state index is 0.716. The average Bonchev–Trinajstić information content (AvgIpc) is 3.32. The van der Waals surface area contributed by atoms with Gasteiger partial charge in [-0.3, -0.25) is 0 Å². The SMILES string of the molecule is c1cc(N2CCC(NC3CC3)CC2)c2ccnnc2c1. The zero-order chi connectivity index (χ0) is 13.4. The summed E-state index contributed by atoms with van der Waals surface area (Å²) in [7, 11) is 0. The Balaban J connectivity index is 1.52. The van der Waals surface area contributed by atoms with Crippen LogP contribution in [0.5, 0.6) is 0 Å². The number of aromatic nitrogens is 2. The number of benzene rings is 1. The molecule has 4 heteroatoms. The minimum Gasteiger partial charge on any atom is -0.371 e. The van der Waals surface area contributed by atoms with Crippen LogP contribution in [0.2, 0.25) is 0 Å². The molecule has 1 aliphatic heterocycles. The molecule has 0 spiro atoms. The molecule has 0 unspecified atom stereocenters. The first-order chi connectivity index (χ1) is 9.90. The van der Waals surface area contributed by atoms with Crippen LogP contribution in [0.4, 0.5) is 5.69 Å². The summed E-state index contributed by atoms with van der Waals surface area (Å²) in [5.74, 6) is 0. The van der Waals surface area contributed by atoms with Crippen molar-refractivity contribution in [2.45, 2.75) is 37.8 Å². The third kappa shape index (κ3) is 2.36. The van der Waals surface area contributed by atoms with Crippen molar-refractivity contribution in [1.29, 1.82) is 0 Å². The van der Waals surface area contributed by atoms with Gasteiger partial charge in [-0.2, -0.15) is 10.2 Å². The van der Waals surface area contributed by atoms with Gasteiger partial charge in [-0.05, 0) is 43.9 Å². The molecule has 0 radical (unpaired) electrons. The van der Waals surface area contributed by atoms with Gasteiger partial charge in [0.25, 0.3) is 0 Å². The lowest BCUT2D eigenvalue weighted by molar-refractivity contribution is 0.413. The summed E-state index contributed by atoms with van der Waals surface area (Å²) in [6, 6.07) is 9.94. The highest BCUT2D eigenvalue weighted by Gasteiger charge is 2.27. The van der Waals surface area contributed by atoms with Crippen molar-refractivity contribution >= 4 is 16.6 Å². The Kier molecular flexibility index (Phi) is 3.03. The van der Waals surface area contributed by atoms with Crippen molar-refractivity contribution < 1.29 is 0 Å². The van der Waals surface area contributed by atoms with Crippen LogP contribution in [-0.4, -0.2) is 35.4 Å². The van der Waals surface area contributed by atoms with E-state index in [1.54, 1.807) is 6.20 Å². The molecule has 0 amide bonds. The first kappa shape index (κ1) is 12.1. The Morgan fingerprint density at radius 1 is 1.00 bits per heavy atom. The van der Waals surface area contributed by atoms with Crippen molar-refractivity contribution in [3.8, 4) is 0 Å². The monoisotopic (exact) mass is 268 g/mol. The number of piperidine rings is 1. The molecule has 2 heterocycles. The van der Waals surface area contributed by atoms with Gasteiger partial charge in [-0.1, -0.05) is 6.07 Å². The van der Waals surface area contributed by atoms with Crippen LogP contribution in [-0.2, 0) is 0 Å². The minimum atomic E-state index is 0.716. The van der Waals surface area contributed by atoms with Crippen LogP contribution >= 0.6 is 0 Å². The molecule has 1 aromatic carbocycles. The third-order valence-electron chi connectivity index (χ3n) is 4.42. The highest BCUT2D eigenvalue weighted by atomic mass is 15.2. The van der Waals surface area contributed by atoms with E-state index in [4.69, 9.17) is 0 Å². The molecule has 1 saturated carbocycles. The number of nitrogens with one attached hydrogen (secondary N) is 1. The van der Waals surface area contributed by atoms with Crippen molar-refractivity contribution in [3.05, 3.63) is 30.5 Å². The lowest BCUT2D eigenvalue weighted by Crippen LogP contribution is -2.43. The molecule has 0 bridgehead atoms. The largest absolute Gasteiger partial charge is 0.371 e. The van der Waals surface area contributed by atoms with E-state index >= 15 is 0 Å². The van der Waals surface area contributed by atoms with E-state index in [-0.39, 0.29) is 0 Å². The average molecular weight is 268 g/mol. The van der Waals surface area contributed by atoms with E-state index < -0.39 is 0 Å². The number of hydrogen-bond donors (Lipinski definition) is 1. The zero-order valence-electron chi connectivity index (χ0n) is 11.6. The molecule has 1 saturated heterocycles. The molecule has 1 N–H and O–H groups in total. The van der Waals surface area contributed by atoms with Crippen molar-refractivity contribution in [2.75, 3.05) is 18.0 Å². The van der Waals surface area contributed by atoms with Gasteiger partial charge < -0.3 is 10.2 Å². The van der Waals surface area contributed by atoms with Crippen LogP contribution in [0, 0.1) is 0 Å². The van der Waals surface area contributed by atoms with E-state index in [2.05, 4.69) is 38.6 Å². The van der Waals surface area contributed by atoms with Crippen LogP contribution in [0.15, 0.2) is 30.5 Å². The molecule has 1 aromatic heterocycles. The highest BCUT2D eigenvalue weighted by Crippen LogP contribution is 2.28. The van der Waals surface area contributed by atoms with E-state index in [1.807, 2.05) is 6.07 Å². The Morgan fingerprint density at radius 3 is 2.60 bits per heavy atom. The smallest absolute Gasteiger partial charge is 0.0950 e. The van der Waals surface area contributed by atoms with E-state index in [1.165, 1.54) is 36.8 Å². The molecule has 104 valence electrons. The maximum atomic E-state index is 4.21. The fourth-order valence-corrected chi connectivity index (χ4v) is 3.15. The van der Waals surface area contributed by atoms with Gasteiger partial charge in [0.15, 0.2) is 0 Å². The first-order valence-electron chi connectivity index (χ1n) is 7.61. The van der Waals surface area contributed by atoms with E-state index in [0.29, 0.717) is 6.04 Å². The molecule has 4 nitrogen and oxygen atoms in total. The predicted octanol–water partition coefficient (Wildman–Crippen LogP) is 2.35. The summed E-state index contributed by atoms with van der Waals surface area (Å²) in [6.45, 7) is 2.26. The van der Waals surface area contributed by atoms with Crippen LogP contribution in [0.3, 0.4) is 0 Å². The summed E-state index contributed by atoms with van der Waals surface area (Å²) >= 11 is 0. The Morgan fingerprint density at radius 2 is 1.80 bits per heavy atom. The lowest BCUT2D eigenvalue weighted by Gasteiger charge is -2.34. The summed E-state index contributed by atoms with van der Waals surface area (Å²) < 4.78 is 0. The van der Waals surface area contributed by atoms with Gasteiger partial charge in [-0.25, -0.2) is 0 Å². The van der Waals surface area contributed by atoms with E-state index in [0.717, 1.165) is 24.6 Å². The zero-order valence-corrected chi connectivity index (χ0v) is 11.6. The summed E-state index contributed by atoms with van der Waals surface area (Å²) in [4.78, 5) is 2.50. The Hall–Kier alpha value is -1.68. The molecule has 0 atom stereocenters. The standard InChI is InChI=1S/C16H20N4/c1-2-15-14(6-9-17-19-15)16(3-1)20-10-7-13(8-11-20)18-12-4-5-12/h1-3,6,9,12-13,18H,4-5,7-8,10-11H2. The number of anilines is 1. The number of rotatable bonds is 3. The van der Waals surface area contributed by atoms with Crippen LogP contribution < -0.4 is 10.2 Å². The van der Waals surface area contributed by atoms with Gasteiger partial charge in [0.1, 0.15) is 0 Å². The molecule has 2 fully saturated rings. The Labute approximate surface area is 119 Å². The fraction of sp³-hybridized carbons (Fsp3) is 0.500. The molecular weight excluding hydrogens is 248 g/mol. The van der Waals surface area contributed by atoms with Crippen LogP contribution in [0.1, 0.15) is 25.7 Å². The fourth-order valence-electron chi connectivity index (χ4n) is 3.15. The number of hydrogen-bond acceptors (Lipinski definition) is 4. The number of fused-ring (bicyclic) bond motifs is 1. The molecule has 20 heavy (non-hydrogen) atoms. The summed E-state index contributed by atoms with van der Waals surface area (Å²) in [5.41, 5.74) is 2.30. The maximum Gasteiger partial charge on any atom is 0.0950 e. The highest BCUT2D eigenvalue weighted by molar-refractivity contribution is 5.91. The van der Waals surface area contributed by atoms with Gasteiger partial charge in [0.05, 0.1) is 11.7 Å². The van der Waals surface area contributed by atoms with Gasteiger partial charge in [-0.15, -0.1) is 0 Å². The molecule has 1 aliphatic carbocycles. The summed E-state index contributed by atoms with van der Waals surface area (Å²) in [6.07, 6.45) is 7.02. The second-order valence-corrected chi connectivity index (χ2v) is 5.94. The second-order valence-electron chi connectivity index (χ2n) is 5.94. The molecular formula is C16H20N4. The van der Waals surface area contributed by atoms with Gasteiger partial charge in [0, 0.05) is 36.2 Å². The van der Waals surface area contributed by atoms with Crippen LogP contribution in [0.25, 0.3) is 10.9 Å². The van der Waals surface area contributed by atoms with Gasteiger partial charge in [0.2, 0.25) is 0 Å². The van der Waals surface area contributed by atoms with E-state index in [9.17, 15) is 0 Å². The third-order valence-corrected chi connectivity index (χ3v) is 4.42. The van der Waals surface area contributed by atoms with Crippen molar-refractivity contribution in [3.63, 3.8) is 0 Å². The topological polar surface area (TPSA) is 41.0 Å². The normalized spacial score (nSPS) is 20.5. The predicted molar refractivity (Wildman–Crippen MR) is 80.9 cm³/mol. The maximum absolute atomic E-state index is 4.21. The lowest BCUT2D eigenvalue weighted by atomic mass is 10.0. The Bertz CT molecular complexity index is 595. The second kappa shape index (κ2) is 5.02. The molecule has 2 aliphatic rings. The molecule has 2 aromatic rings. The van der Waals surface area contributed by atoms with Crippen molar-refractivity contribution in [2.24, 2.45) is 0 Å². The number of nitrogens with zero attached hydrogens (tertiary/aromatic N) is 3. The quantitative estimate of drug-likeness (QED) is 0.927. The van der Waals surface area contributed by atoms with Crippen molar-refractivity contribution in [1.82, 2.24) is 15.5 Å². The summed E-state index contributed by atoms with van der Waals surface area (Å²) in [5, 5.41) is 13.2. The molecule has 4 rings (SSSR count).